The average Bonchev–Trinajstić information content (AvgIpc) is 2.46. The van der Waals surface area contributed by atoms with E-state index < -0.39 is 0 Å². The van der Waals surface area contributed by atoms with E-state index in [9.17, 15) is 4.79 Å². The summed E-state index contributed by atoms with van der Waals surface area (Å²) in [6, 6.07) is 8.88. The second-order valence-corrected chi connectivity index (χ2v) is 4.91. The van der Waals surface area contributed by atoms with Gasteiger partial charge in [0.15, 0.2) is 0 Å². The summed E-state index contributed by atoms with van der Waals surface area (Å²) in [4.78, 5) is 11.9. The van der Waals surface area contributed by atoms with Gasteiger partial charge >= 0.3 is 0 Å². The molecule has 3 nitrogen and oxygen atoms in total. The summed E-state index contributed by atoms with van der Waals surface area (Å²) in [5.74, 6) is 0.555. The number of hydrogen-bond donors (Lipinski definition) is 1. The molecule has 1 N–H and O–H groups in total. The van der Waals surface area contributed by atoms with Crippen LogP contribution >= 0.6 is 0 Å². The van der Waals surface area contributed by atoms with Crippen molar-refractivity contribution in [1.29, 1.82) is 5.26 Å². The highest BCUT2D eigenvalue weighted by Gasteiger charge is 2.14. The largest absolute Gasteiger partial charge is 0.352 e. The Morgan fingerprint density at radius 2 is 2.11 bits per heavy atom. The van der Waals surface area contributed by atoms with Crippen LogP contribution in [-0.4, -0.2) is 12.5 Å². The van der Waals surface area contributed by atoms with Crippen molar-refractivity contribution in [2.45, 2.75) is 32.1 Å². The van der Waals surface area contributed by atoms with Crippen LogP contribution in [0.4, 0.5) is 0 Å². The van der Waals surface area contributed by atoms with E-state index in [0.717, 1.165) is 6.54 Å². The van der Waals surface area contributed by atoms with Gasteiger partial charge in [-0.25, -0.2) is 0 Å². The van der Waals surface area contributed by atoms with E-state index in [1.165, 1.54) is 32.1 Å². The summed E-state index contributed by atoms with van der Waals surface area (Å²) in [6.07, 6.45) is 6.33. The lowest BCUT2D eigenvalue weighted by atomic mass is 9.89. The lowest BCUT2D eigenvalue weighted by molar-refractivity contribution is 0.0943. The molecule has 1 amide bonds. The van der Waals surface area contributed by atoms with Gasteiger partial charge in [-0.1, -0.05) is 25.3 Å². The minimum atomic E-state index is -0.0716. The third-order valence-electron chi connectivity index (χ3n) is 3.53. The Hall–Kier alpha value is -1.82. The van der Waals surface area contributed by atoms with Crippen molar-refractivity contribution in [2.24, 2.45) is 5.92 Å². The van der Waals surface area contributed by atoms with Gasteiger partial charge in [0.25, 0.3) is 5.91 Å². The van der Waals surface area contributed by atoms with Crippen LogP contribution in [0.2, 0.25) is 0 Å². The molecule has 18 heavy (non-hydrogen) atoms. The molecule has 0 aliphatic heterocycles. The van der Waals surface area contributed by atoms with E-state index in [-0.39, 0.29) is 5.91 Å². The van der Waals surface area contributed by atoms with Crippen LogP contribution < -0.4 is 5.32 Å². The standard InChI is InChI=1S/C15H18N2O/c16-10-13-7-4-8-14(9-13)15(18)17-11-12-5-2-1-3-6-12/h4,7-9,12H,1-3,5-6,11H2,(H,17,18). The van der Waals surface area contributed by atoms with E-state index in [0.29, 0.717) is 17.0 Å². The minimum Gasteiger partial charge on any atom is -0.352 e. The van der Waals surface area contributed by atoms with Gasteiger partial charge in [-0.2, -0.15) is 5.26 Å². The van der Waals surface area contributed by atoms with Crippen LogP contribution in [0, 0.1) is 17.2 Å². The second kappa shape index (κ2) is 6.20. The maximum absolute atomic E-state index is 11.9. The molecule has 1 fully saturated rings. The fraction of sp³-hybridized carbons (Fsp3) is 0.467. The molecule has 1 aromatic carbocycles. The number of carbonyl (C=O) groups excluding carboxylic acids is 1. The molecular weight excluding hydrogens is 224 g/mol. The van der Waals surface area contributed by atoms with E-state index in [4.69, 9.17) is 5.26 Å². The van der Waals surface area contributed by atoms with E-state index in [2.05, 4.69) is 5.32 Å². The smallest absolute Gasteiger partial charge is 0.251 e. The van der Waals surface area contributed by atoms with Crippen LogP contribution in [-0.2, 0) is 0 Å². The number of benzene rings is 1. The summed E-state index contributed by atoms with van der Waals surface area (Å²) in [7, 11) is 0. The van der Waals surface area contributed by atoms with Crippen molar-refractivity contribution in [3.8, 4) is 6.07 Å². The first-order chi connectivity index (χ1) is 8.79. The Bertz CT molecular complexity index is 456. The molecule has 3 heteroatoms. The quantitative estimate of drug-likeness (QED) is 0.886. The number of amides is 1. The monoisotopic (exact) mass is 242 g/mol. The fourth-order valence-corrected chi connectivity index (χ4v) is 2.46. The molecule has 0 atom stereocenters. The molecule has 2 rings (SSSR count). The summed E-state index contributed by atoms with van der Waals surface area (Å²) in [5, 5.41) is 11.8. The second-order valence-electron chi connectivity index (χ2n) is 4.91. The zero-order chi connectivity index (χ0) is 12.8. The number of nitrogens with one attached hydrogen (secondary N) is 1. The van der Waals surface area contributed by atoms with Crippen LogP contribution in [0.1, 0.15) is 48.0 Å². The van der Waals surface area contributed by atoms with Crippen LogP contribution in [0.15, 0.2) is 24.3 Å². The lowest BCUT2D eigenvalue weighted by Crippen LogP contribution is -2.30. The van der Waals surface area contributed by atoms with Crippen molar-refractivity contribution in [3.63, 3.8) is 0 Å². The maximum atomic E-state index is 11.9. The molecular formula is C15H18N2O. The summed E-state index contributed by atoms with van der Waals surface area (Å²) in [6.45, 7) is 0.760. The van der Waals surface area contributed by atoms with E-state index in [1.807, 2.05) is 6.07 Å². The van der Waals surface area contributed by atoms with Gasteiger partial charge in [0.05, 0.1) is 11.6 Å². The first-order valence-electron chi connectivity index (χ1n) is 6.58. The third-order valence-corrected chi connectivity index (χ3v) is 3.53. The Morgan fingerprint density at radius 3 is 2.83 bits per heavy atom. The van der Waals surface area contributed by atoms with Crippen molar-refractivity contribution in [1.82, 2.24) is 5.32 Å². The highest BCUT2D eigenvalue weighted by molar-refractivity contribution is 5.94. The Morgan fingerprint density at radius 1 is 1.33 bits per heavy atom. The highest BCUT2D eigenvalue weighted by Crippen LogP contribution is 2.22. The van der Waals surface area contributed by atoms with Crippen LogP contribution in [0.3, 0.4) is 0 Å². The molecule has 0 radical (unpaired) electrons. The Kier molecular flexibility index (Phi) is 4.35. The van der Waals surface area contributed by atoms with E-state index >= 15 is 0 Å². The molecule has 1 aliphatic rings. The normalized spacial score (nSPS) is 15.9. The SMILES string of the molecule is N#Cc1cccc(C(=O)NCC2CCCCC2)c1. The number of rotatable bonds is 3. The van der Waals surface area contributed by atoms with Crippen molar-refractivity contribution >= 4 is 5.91 Å². The molecule has 1 aliphatic carbocycles. The van der Waals surface area contributed by atoms with E-state index in [1.54, 1.807) is 24.3 Å². The van der Waals surface area contributed by atoms with Gasteiger partial charge in [-0.3, -0.25) is 4.79 Å². The van der Waals surface area contributed by atoms with Gasteiger partial charge in [0.2, 0.25) is 0 Å². The van der Waals surface area contributed by atoms with Crippen LogP contribution in [0.5, 0.6) is 0 Å². The Labute approximate surface area is 108 Å². The summed E-state index contributed by atoms with van der Waals surface area (Å²) >= 11 is 0. The molecule has 0 bridgehead atoms. The zero-order valence-electron chi connectivity index (χ0n) is 10.5. The predicted octanol–water partition coefficient (Wildman–Crippen LogP) is 2.87. The first-order valence-corrected chi connectivity index (χ1v) is 6.58. The molecule has 1 saturated carbocycles. The molecule has 0 unspecified atom stereocenters. The molecule has 94 valence electrons. The molecule has 0 heterocycles. The van der Waals surface area contributed by atoms with Gasteiger partial charge in [0.1, 0.15) is 0 Å². The third kappa shape index (κ3) is 3.33. The van der Waals surface area contributed by atoms with Crippen LogP contribution in [0.25, 0.3) is 0 Å². The number of carbonyl (C=O) groups is 1. The molecule has 0 aromatic heterocycles. The topological polar surface area (TPSA) is 52.9 Å². The number of nitrogens with zero attached hydrogens (tertiary/aromatic N) is 1. The summed E-state index contributed by atoms with van der Waals surface area (Å²) < 4.78 is 0. The minimum absolute atomic E-state index is 0.0716. The van der Waals surface area contributed by atoms with Gasteiger partial charge in [-0.05, 0) is 37.0 Å². The predicted molar refractivity (Wildman–Crippen MR) is 70.1 cm³/mol. The van der Waals surface area contributed by atoms with Gasteiger partial charge in [-0.15, -0.1) is 0 Å². The maximum Gasteiger partial charge on any atom is 0.251 e. The Balaban J connectivity index is 1.89. The van der Waals surface area contributed by atoms with Crippen molar-refractivity contribution < 1.29 is 4.79 Å². The van der Waals surface area contributed by atoms with Gasteiger partial charge in [0, 0.05) is 12.1 Å². The summed E-state index contributed by atoms with van der Waals surface area (Å²) in [5.41, 5.74) is 1.10. The zero-order valence-corrected chi connectivity index (χ0v) is 10.5. The first kappa shape index (κ1) is 12.6. The highest BCUT2D eigenvalue weighted by atomic mass is 16.1. The van der Waals surface area contributed by atoms with Crippen molar-refractivity contribution in [3.05, 3.63) is 35.4 Å². The fourth-order valence-electron chi connectivity index (χ4n) is 2.46. The molecule has 0 saturated heterocycles. The number of hydrogen-bond acceptors (Lipinski definition) is 2. The van der Waals surface area contributed by atoms with Crippen molar-refractivity contribution in [2.75, 3.05) is 6.54 Å². The average molecular weight is 242 g/mol. The van der Waals surface area contributed by atoms with Gasteiger partial charge < -0.3 is 5.32 Å². The lowest BCUT2D eigenvalue weighted by Gasteiger charge is -2.21. The number of nitriles is 1. The molecule has 0 spiro atoms. The molecule has 1 aromatic rings.